The van der Waals surface area contributed by atoms with Crippen LogP contribution in [0, 0.1) is 5.92 Å². The fraction of sp³-hybridized carbons (Fsp3) is 0.263. The smallest absolute Gasteiger partial charge is 0.228 e. The fourth-order valence-corrected chi connectivity index (χ4v) is 3.15. The van der Waals surface area contributed by atoms with Gasteiger partial charge in [0.25, 0.3) is 0 Å². The molecule has 2 heterocycles. The van der Waals surface area contributed by atoms with Gasteiger partial charge in [-0.2, -0.15) is 0 Å². The van der Waals surface area contributed by atoms with Crippen molar-refractivity contribution in [3.05, 3.63) is 48.5 Å². The average Bonchev–Trinajstić information content (AvgIpc) is 3.07. The molecule has 0 spiro atoms. The number of para-hydroxylation sites is 2. The van der Waals surface area contributed by atoms with Gasteiger partial charge in [-0.05, 0) is 43.7 Å². The Balaban J connectivity index is 1.55. The normalized spacial score (nSPS) is 17.8. The van der Waals surface area contributed by atoms with Crippen LogP contribution >= 0.6 is 0 Å². The van der Waals surface area contributed by atoms with E-state index >= 15 is 0 Å². The van der Waals surface area contributed by atoms with E-state index in [0.29, 0.717) is 0 Å². The van der Waals surface area contributed by atoms with E-state index in [1.807, 2.05) is 48.5 Å². The number of carbonyl (C=O) groups excluding carboxylic acids is 1. The highest BCUT2D eigenvalue weighted by molar-refractivity contribution is 5.93. The largest absolute Gasteiger partial charge is 0.338 e. The van der Waals surface area contributed by atoms with Crippen molar-refractivity contribution in [2.75, 3.05) is 18.4 Å². The number of aromatic amines is 1. The zero-order chi connectivity index (χ0) is 16.4. The quantitative estimate of drug-likeness (QED) is 0.694. The van der Waals surface area contributed by atoms with Crippen LogP contribution in [0.4, 0.5) is 5.69 Å². The molecule has 5 heteroatoms. The Morgan fingerprint density at radius 1 is 1.17 bits per heavy atom. The van der Waals surface area contributed by atoms with Crippen molar-refractivity contribution < 1.29 is 4.79 Å². The van der Waals surface area contributed by atoms with E-state index < -0.39 is 0 Å². The molecule has 24 heavy (non-hydrogen) atoms. The monoisotopic (exact) mass is 320 g/mol. The van der Waals surface area contributed by atoms with Crippen molar-refractivity contribution in [2.45, 2.75) is 12.8 Å². The molecule has 122 valence electrons. The van der Waals surface area contributed by atoms with E-state index in [4.69, 9.17) is 0 Å². The van der Waals surface area contributed by atoms with Crippen molar-refractivity contribution >= 4 is 22.6 Å². The standard InChI is InChI=1S/C19H20N4O/c24-19(14-6-4-10-20-12-14)21-15-7-3-5-13(11-15)18-22-16-8-1-2-9-17(16)23-18/h1-3,5,7-9,11,14,20H,4,6,10,12H2,(H,21,24)(H,22,23). The highest BCUT2D eigenvalue weighted by Crippen LogP contribution is 2.23. The molecule has 1 aromatic heterocycles. The minimum atomic E-state index is 0.0496. The first kappa shape index (κ1) is 14.9. The molecule has 0 radical (unpaired) electrons. The van der Waals surface area contributed by atoms with Gasteiger partial charge in [0.1, 0.15) is 5.82 Å². The van der Waals surface area contributed by atoms with Gasteiger partial charge in [0.15, 0.2) is 0 Å². The molecule has 0 bridgehead atoms. The van der Waals surface area contributed by atoms with Gasteiger partial charge in [0.2, 0.25) is 5.91 Å². The third-order valence-corrected chi connectivity index (χ3v) is 4.46. The Morgan fingerprint density at radius 2 is 2.08 bits per heavy atom. The predicted molar refractivity (Wildman–Crippen MR) is 95.8 cm³/mol. The number of amides is 1. The first-order valence-corrected chi connectivity index (χ1v) is 8.36. The lowest BCUT2D eigenvalue weighted by Gasteiger charge is -2.21. The van der Waals surface area contributed by atoms with Crippen LogP contribution in [0.1, 0.15) is 12.8 Å². The Bertz CT molecular complexity index is 831. The van der Waals surface area contributed by atoms with Crippen LogP contribution in [0.15, 0.2) is 48.5 Å². The van der Waals surface area contributed by atoms with Gasteiger partial charge in [-0.25, -0.2) is 4.98 Å². The SMILES string of the molecule is O=C(Nc1cccc(-c2nc3ccccc3[nH]2)c1)C1CCCNC1. The molecule has 0 aliphatic carbocycles. The maximum absolute atomic E-state index is 12.4. The molecule has 2 aromatic carbocycles. The van der Waals surface area contributed by atoms with E-state index in [1.165, 1.54) is 0 Å². The molecule has 1 aliphatic rings. The maximum Gasteiger partial charge on any atom is 0.228 e. The molecule has 1 aliphatic heterocycles. The summed E-state index contributed by atoms with van der Waals surface area (Å²) in [5.41, 5.74) is 3.72. The van der Waals surface area contributed by atoms with Crippen molar-refractivity contribution in [3.8, 4) is 11.4 Å². The Morgan fingerprint density at radius 3 is 2.92 bits per heavy atom. The number of aromatic nitrogens is 2. The van der Waals surface area contributed by atoms with Gasteiger partial charge in [-0.15, -0.1) is 0 Å². The number of H-pyrrole nitrogens is 1. The molecule has 1 amide bonds. The highest BCUT2D eigenvalue weighted by Gasteiger charge is 2.20. The number of hydrogen-bond donors (Lipinski definition) is 3. The number of benzene rings is 2. The van der Waals surface area contributed by atoms with Crippen molar-refractivity contribution in [1.82, 2.24) is 15.3 Å². The van der Waals surface area contributed by atoms with Crippen LogP contribution in [0.2, 0.25) is 0 Å². The number of hydrogen-bond acceptors (Lipinski definition) is 3. The molecule has 5 nitrogen and oxygen atoms in total. The summed E-state index contributed by atoms with van der Waals surface area (Å²) >= 11 is 0. The molecule has 3 N–H and O–H groups in total. The minimum Gasteiger partial charge on any atom is -0.338 e. The molecule has 3 aromatic rings. The molecule has 1 unspecified atom stereocenters. The topological polar surface area (TPSA) is 69.8 Å². The van der Waals surface area contributed by atoms with Crippen LogP contribution < -0.4 is 10.6 Å². The zero-order valence-electron chi connectivity index (χ0n) is 13.4. The lowest BCUT2D eigenvalue weighted by molar-refractivity contribution is -0.120. The zero-order valence-corrected chi connectivity index (χ0v) is 13.4. The van der Waals surface area contributed by atoms with Gasteiger partial charge >= 0.3 is 0 Å². The summed E-state index contributed by atoms with van der Waals surface area (Å²) < 4.78 is 0. The predicted octanol–water partition coefficient (Wildman–Crippen LogP) is 3.17. The number of imidazole rings is 1. The summed E-state index contributed by atoms with van der Waals surface area (Å²) in [6, 6.07) is 15.8. The lowest BCUT2D eigenvalue weighted by atomic mass is 9.99. The van der Waals surface area contributed by atoms with Gasteiger partial charge in [0, 0.05) is 17.8 Å². The average molecular weight is 320 g/mol. The number of rotatable bonds is 3. The summed E-state index contributed by atoms with van der Waals surface area (Å²) in [6.07, 6.45) is 2.00. The third-order valence-electron chi connectivity index (χ3n) is 4.46. The number of anilines is 1. The Labute approximate surface area is 140 Å². The third kappa shape index (κ3) is 3.03. The summed E-state index contributed by atoms with van der Waals surface area (Å²) in [4.78, 5) is 20.3. The molecular weight excluding hydrogens is 300 g/mol. The minimum absolute atomic E-state index is 0.0496. The molecular formula is C19H20N4O. The maximum atomic E-state index is 12.4. The molecule has 1 saturated heterocycles. The second-order valence-electron chi connectivity index (χ2n) is 6.22. The Kier molecular flexibility index (Phi) is 4.01. The van der Waals surface area contributed by atoms with Crippen LogP contribution in [0.25, 0.3) is 22.4 Å². The fourth-order valence-electron chi connectivity index (χ4n) is 3.15. The second-order valence-corrected chi connectivity index (χ2v) is 6.22. The summed E-state index contributed by atoms with van der Waals surface area (Å²) in [7, 11) is 0. The number of carbonyl (C=O) groups is 1. The highest BCUT2D eigenvalue weighted by atomic mass is 16.1. The van der Waals surface area contributed by atoms with Crippen molar-refractivity contribution in [2.24, 2.45) is 5.92 Å². The van der Waals surface area contributed by atoms with Crippen LogP contribution in [-0.4, -0.2) is 29.0 Å². The number of nitrogens with zero attached hydrogens (tertiary/aromatic N) is 1. The van der Waals surface area contributed by atoms with Crippen molar-refractivity contribution in [3.63, 3.8) is 0 Å². The summed E-state index contributed by atoms with van der Waals surface area (Å²) in [6.45, 7) is 1.76. The van der Waals surface area contributed by atoms with E-state index in [9.17, 15) is 4.79 Å². The van der Waals surface area contributed by atoms with Crippen LogP contribution in [0.3, 0.4) is 0 Å². The van der Waals surface area contributed by atoms with Gasteiger partial charge < -0.3 is 15.6 Å². The number of piperidine rings is 1. The number of fused-ring (bicyclic) bond motifs is 1. The molecule has 4 rings (SSSR count). The van der Waals surface area contributed by atoms with E-state index in [-0.39, 0.29) is 11.8 Å². The number of nitrogens with one attached hydrogen (secondary N) is 3. The van der Waals surface area contributed by atoms with Gasteiger partial charge in [-0.3, -0.25) is 4.79 Å². The van der Waals surface area contributed by atoms with Crippen LogP contribution in [0.5, 0.6) is 0 Å². The first-order chi connectivity index (χ1) is 11.8. The van der Waals surface area contributed by atoms with Gasteiger partial charge in [0.05, 0.1) is 17.0 Å². The Hall–Kier alpha value is -2.66. The summed E-state index contributed by atoms with van der Waals surface area (Å²) in [5, 5.41) is 6.31. The van der Waals surface area contributed by atoms with Crippen LogP contribution in [-0.2, 0) is 4.79 Å². The van der Waals surface area contributed by atoms with E-state index in [0.717, 1.165) is 54.0 Å². The molecule has 0 saturated carbocycles. The van der Waals surface area contributed by atoms with E-state index in [2.05, 4.69) is 20.6 Å². The van der Waals surface area contributed by atoms with Gasteiger partial charge in [-0.1, -0.05) is 24.3 Å². The summed E-state index contributed by atoms with van der Waals surface area (Å²) in [5.74, 6) is 0.948. The second kappa shape index (κ2) is 6.45. The molecule has 1 atom stereocenters. The van der Waals surface area contributed by atoms with E-state index in [1.54, 1.807) is 0 Å². The lowest BCUT2D eigenvalue weighted by Crippen LogP contribution is -2.37. The van der Waals surface area contributed by atoms with Crippen molar-refractivity contribution in [1.29, 1.82) is 0 Å². The first-order valence-electron chi connectivity index (χ1n) is 8.36. The molecule has 1 fully saturated rings.